The number of halogens is 1. The van der Waals surface area contributed by atoms with Gasteiger partial charge < -0.3 is 10.1 Å². The Labute approximate surface area is 150 Å². The van der Waals surface area contributed by atoms with Crippen LogP contribution in [0.2, 0.25) is 0 Å². The molecule has 0 fully saturated rings. The van der Waals surface area contributed by atoms with Crippen LogP contribution in [0.15, 0.2) is 48.5 Å². The Morgan fingerprint density at radius 2 is 1.81 bits per heavy atom. The highest BCUT2D eigenvalue weighted by Crippen LogP contribution is 2.21. The number of imide groups is 1. The number of ketones is 1. The van der Waals surface area contributed by atoms with Crippen molar-refractivity contribution >= 4 is 17.7 Å². The van der Waals surface area contributed by atoms with Crippen LogP contribution in [-0.4, -0.2) is 23.8 Å². The van der Waals surface area contributed by atoms with Gasteiger partial charge in [-0.1, -0.05) is 30.3 Å². The molecule has 0 aliphatic rings. The molecule has 0 saturated heterocycles. The van der Waals surface area contributed by atoms with E-state index in [9.17, 15) is 18.8 Å². The zero-order chi connectivity index (χ0) is 19.1. The molecule has 136 valence electrons. The quantitative estimate of drug-likeness (QED) is 0.778. The maximum absolute atomic E-state index is 13.3. The number of benzene rings is 2. The molecular formula is C19H19FN2O4. The number of carbonyl (C=O) groups is 3. The summed E-state index contributed by atoms with van der Waals surface area (Å²) in [6.45, 7) is 2.96. The van der Waals surface area contributed by atoms with Gasteiger partial charge in [-0.25, -0.2) is 9.18 Å². The first-order valence-corrected chi connectivity index (χ1v) is 7.96. The Kier molecular flexibility index (Phi) is 6.43. The Morgan fingerprint density at radius 3 is 2.46 bits per heavy atom. The second kappa shape index (κ2) is 8.75. The van der Waals surface area contributed by atoms with Crippen molar-refractivity contribution in [3.8, 4) is 5.75 Å². The number of ether oxygens (including phenoxy) is 1. The lowest BCUT2D eigenvalue weighted by Gasteiger charge is -2.16. The summed E-state index contributed by atoms with van der Waals surface area (Å²) in [6, 6.07) is 12.0. The molecule has 0 aliphatic heterocycles. The third-order valence-electron chi connectivity index (χ3n) is 3.53. The molecule has 7 heteroatoms. The van der Waals surface area contributed by atoms with Crippen molar-refractivity contribution in [2.75, 3.05) is 0 Å². The van der Waals surface area contributed by atoms with Crippen molar-refractivity contribution in [3.63, 3.8) is 0 Å². The van der Waals surface area contributed by atoms with E-state index >= 15 is 0 Å². The number of amides is 3. The van der Waals surface area contributed by atoms with E-state index in [2.05, 4.69) is 10.6 Å². The fourth-order valence-electron chi connectivity index (χ4n) is 2.16. The minimum Gasteiger partial charge on any atom is -0.480 e. The lowest BCUT2D eigenvalue weighted by atomic mass is 10.1. The number of urea groups is 1. The van der Waals surface area contributed by atoms with Crippen molar-refractivity contribution in [1.82, 2.24) is 10.6 Å². The zero-order valence-electron chi connectivity index (χ0n) is 14.4. The lowest BCUT2D eigenvalue weighted by molar-refractivity contribution is -0.126. The molecule has 0 spiro atoms. The fourth-order valence-corrected chi connectivity index (χ4v) is 2.16. The summed E-state index contributed by atoms with van der Waals surface area (Å²) in [7, 11) is 0. The first-order chi connectivity index (χ1) is 12.4. The van der Waals surface area contributed by atoms with E-state index in [-0.39, 0.29) is 17.9 Å². The number of hydrogen-bond acceptors (Lipinski definition) is 4. The predicted octanol–water partition coefficient (Wildman–Crippen LogP) is 2.82. The van der Waals surface area contributed by atoms with Crippen LogP contribution >= 0.6 is 0 Å². The van der Waals surface area contributed by atoms with Gasteiger partial charge in [0, 0.05) is 6.54 Å². The van der Waals surface area contributed by atoms with E-state index < -0.39 is 29.6 Å². The van der Waals surface area contributed by atoms with Gasteiger partial charge in [-0.3, -0.25) is 14.9 Å². The van der Waals surface area contributed by atoms with Crippen LogP contribution in [0, 0.1) is 5.82 Å². The van der Waals surface area contributed by atoms with Gasteiger partial charge in [-0.2, -0.15) is 0 Å². The van der Waals surface area contributed by atoms with Crippen molar-refractivity contribution in [2.45, 2.75) is 26.5 Å². The standard InChI is InChI=1S/C19H19FN2O4/c1-12(23)16-10-15(20)8-9-17(16)26-13(2)18(24)22-19(25)21-11-14-6-4-3-5-7-14/h3-10,13H,11H2,1-2H3,(H2,21,22,24,25). The Morgan fingerprint density at radius 1 is 1.12 bits per heavy atom. The van der Waals surface area contributed by atoms with Crippen molar-refractivity contribution in [1.29, 1.82) is 0 Å². The van der Waals surface area contributed by atoms with E-state index in [1.165, 1.54) is 19.9 Å². The summed E-state index contributed by atoms with van der Waals surface area (Å²) in [5, 5.41) is 4.71. The third kappa shape index (κ3) is 5.41. The largest absolute Gasteiger partial charge is 0.480 e. The van der Waals surface area contributed by atoms with Crippen LogP contribution in [0.5, 0.6) is 5.75 Å². The molecule has 0 bridgehead atoms. The number of Topliss-reactive ketones (excluding diaryl/α,β-unsaturated/α-hetero) is 1. The number of carbonyl (C=O) groups excluding carboxylic acids is 3. The molecule has 2 aromatic carbocycles. The summed E-state index contributed by atoms with van der Waals surface area (Å²) in [5.74, 6) is -1.59. The van der Waals surface area contributed by atoms with Gasteiger partial charge in [0.15, 0.2) is 11.9 Å². The molecule has 26 heavy (non-hydrogen) atoms. The Balaban J connectivity index is 1.91. The lowest BCUT2D eigenvalue weighted by Crippen LogP contribution is -2.45. The van der Waals surface area contributed by atoms with E-state index in [0.29, 0.717) is 0 Å². The maximum atomic E-state index is 13.3. The van der Waals surface area contributed by atoms with Gasteiger partial charge in [0.1, 0.15) is 11.6 Å². The molecular weight excluding hydrogens is 339 g/mol. The van der Waals surface area contributed by atoms with Gasteiger partial charge in [-0.15, -0.1) is 0 Å². The van der Waals surface area contributed by atoms with Crippen LogP contribution < -0.4 is 15.4 Å². The maximum Gasteiger partial charge on any atom is 0.321 e. The average Bonchev–Trinajstić information content (AvgIpc) is 2.62. The molecule has 2 N–H and O–H groups in total. The molecule has 1 atom stereocenters. The van der Waals surface area contributed by atoms with Gasteiger partial charge in [0.2, 0.25) is 0 Å². The number of hydrogen-bond donors (Lipinski definition) is 2. The van der Waals surface area contributed by atoms with Crippen LogP contribution in [0.25, 0.3) is 0 Å². The van der Waals surface area contributed by atoms with Crippen LogP contribution in [-0.2, 0) is 11.3 Å². The third-order valence-corrected chi connectivity index (χ3v) is 3.53. The molecule has 0 heterocycles. The van der Waals surface area contributed by atoms with Crippen molar-refractivity contribution < 1.29 is 23.5 Å². The highest BCUT2D eigenvalue weighted by atomic mass is 19.1. The molecule has 2 aromatic rings. The minimum absolute atomic E-state index is 0.0261. The second-order valence-corrected chi connectivity index (χ2v) is 5.61. The second-order valence-electron chi connectivity index (χ2n) is 5.61. The topological polar surface area (TPSA) is 84.5 Å². The van der Waals surface area contributed by atoms with Gasteiger partial charge in [0.25, 0.3) is 5.91 Å². The van der Waals surface area contributed by atoms with E-state index in [4.69, 9.17) is 4.74 Å². The van der Waals surface area contributed by atoms with Crippen LogP contribution in [0.4, 0.5) is 9.18 Å². The van der Waals surface area contributed by atoms with Crippen molar-refractivity contribution in [3.05, 3.63) is 65.5 Å². The average molecular weight is 358 g/mol. The molecule has 0 aliphatic carbocycles. The zero-order valence-corrected chi connectivity index (χ0v) is 14.4. The normalized spacial score (nSPS) is 11.3. The molecule has 0 aromatic heterocycles. The first kappa shape index (κ1) is 19.1. The highest BCUT2D eigenvalue weighted by molar-refractivity contribution is 5.98. The monoisotopic (exact) mass is 358 g/mol. The summed E-state index contributed by atoms with van der Waals surface area (Å²) < 4.78 is 18.7. The molecule has 1 unspecified atom stereocenters. The van der Waals surface area contributed by atoms with E-state index in [0.717, 1.165) is 17.7 Å². The minimum atomic E-state index is -1.05. The Hall–Kier alpha value is -3.22. The van der Waals surface area contributed by atoms with E-state index in [1.807, 2.05) is 30.3 Å². The van der Waals surface area contributed by atoms with Gasteiger partial charge in [0.05, 0.1) is 5.56 Å². The van der Waals surface area contributed by atoms with Crippen molar-refractivity contribution in [2.24, 2.45) is 0 Å². The molecule has 0 saturated carbocycles. The fraction of sp³-hybridized carbons (Fsp3) is 0.211. The smallest absolute Gasteiger partial charge is 0.321 e. The summed E-state index contributed by atoms with van der Waals surface area (Å²) in [5.41, 5.74) is 0.912. The summed E-state index contributed by atoms with van der Waals surface area (Å²) in [6.07, 6.45) is -1.05. The molecule has 0 radical (unpaired) electrons. The first-order valence-electron chi connectivity index (χ1n) is 7.96. The summed E-state index contributed by atoms with van der Waals surface area (Å²) in [4.78, 5) is 35.4. The van der Waals surface area contributed by atoms with Gasteiger partial charge in [-0.05, 0) is 37.6 Å². The summed E-state index contributed by atoms with van der Waals surface area (Å²) >= 11 is 0. The Bertz CT molecular complexity index is 808. The number of rotatable bonds is 6. The van der Waals surface area contributed by atoms with Crippen LogP contribution in [0.1, 0.15) is 29.8 Å². The van der Waals surface area contributed by atoms with Gasteiger partial charge >= 0.3 is 6.03 Å². The predicted molar refractivity (Wildman–Crippen MR) is 93.3 cm³/mol. The number of nitrogens with one attached hydrogen (secondary N) is 2. The SMILES string of the molecule is CC(=O)c1cc(F)ccc1OC(C)C(=O)NC(=O)NCc1ccccc1. The van der Waals surface area contributed by atoms with Crippen LogP contribution in [0.3, 0.4) is 0 Å². The molecule has 6 nitrogen and oxygen atoms in total. The molecule has 3 amide bonds. The van der Waals surface area contributed by atoms with E-state index in [1.54, 1.807) is 0 Å². The molecule has 2 rings (SSSR count). The highest BCUT2D eigenvalue weighted by Gasteiger charge is 2.20.